The maximum atomic E-state index is 11.3. The number of rotatable bonds is 3. The molecule has 0 radical (unpaired) electrons. The van der Waals surface area contributed by atoms with Crippen LogP contribution in [0.2, 0.25) is 0 Å². The highest BCUT2D eigenvalue weighted by molar-refractivity contribution is 5.76. The summed E-state index contributed by atoms with van der Waals surface area (Å²) in [6.45, 7) is 5.78. The number of aromatic nitrogens is 1. The van der Waals surface area contributed by atoms with Gasteiger partial charge < -0.3 is 5.32 Å². The summed E-state index contributed by atoms with van der Waals surface area (Å²) >= 11 is 0. The number of pyridine rings is 1. The minimum atomic E-state index is -0.346. The summed E-state index contributed by atoms with van der Waals surface area (Å²) < 4.78 is 0. The fraction of sp³-hybridized carbons (Fsp3) is 0.455. The molecule has 0 fully saturated rings. The first-order chi connectivity index (χ1) is 6.56. The molecular weight excluding hydrogens is 176 g/mol. The van der Waals surface area contributed by atoms with Crippen molar-refractivity contribution in [3.8, 4) is 0 Å². The maximum absolute atomic E-state index is 11.3. The third kappa shape index (κ3) is 2.55. The average Bonchev–Trinajstić information content (AvgIpc) is 2.18. The number of nitrogens with one attached hydrogen (secondary N) is 1. The fourth-order valence-corrected chi connectivity index (χ4v) is 1.24. The highest BCUT2D eigenvalue weighted by Crippen LogP contribution is 2.18. The van der Waals surface area contributed by atoms with Gasteiger partial charge >= 0.3 is 0 Å². The molecule has 1 N–H and O–H groups in total. The van der Waals surface area contributed by atoms with E-state index in [1.807, 2.05) is 32.9 Å². The van der Waals surface area contributed by atoms with Crippen molar-refractivity contribution in [2.75, 3.05) is 0 Å². The van der Waals surface area contributed by atoms with E-state index in [9.17, 15) is 4.79 Å². The summed E-state index contributed by atoms with van der Waals surface area (Å²) in [5.41, 5.74) is 0.670. The van der Waals surface area contributed by atoms with E-state index >= 15 is 0 Å². The number of nitrogens with zero attached hydrogens (tertiary/aromatic N) is 1. The summed E-state index contributed by atoms with van der Waals surface area (Å²) in [5, 5.41) is 2.94. The molecule has 14 heavy (non-hydrogen) atoms. The van der Waals surface area contributed by atoms with Crippen molar-refractivity contribution in [2.24, 2.45) is 0 Å². The zero-order valence-electron chi connectivity index (χ0n) is 8.87. The first-order valence-electron chi connectivity index (χ1n) is 4.78. The monoisotopic (exact) mass is 192 g/mol. The van der Waals surface area contributed by atoms with Crippen LogP contribution in [0.5, 0.6) is 0 Å². The molecule has 0 atom stereocenters. The van der Waals surface area contributed by atoms with E-state index in [4.69, 9.17) is 0 Å². The van der Waals surface area contributed by atoms with Gasteiger partial charge in [-0.1, -0.05) is 13.0 Å². The molecular formula is C11H16N2O. The van der Waals surface area contributed by atoms with Gasteiger partial charge in [-0.25, -0.2) is 0 Å². The lowest BCUT2D eigenvalue weighted by Gasteiger charge is -2.26. The number of amides is 1. The highest BCUT2D eigenvalue weighted by atomic mass is 16.1. The van der Waals surface area contributed by atoms with E-state index in [2.05, 4.69) is 10.3 Å². The lowest BCUT2D eigenvalue weighted by Crippen LogP contribution is -2.40. The van der Waals surface area contributed by atoms with Crippen molar-refractivity contribution >= 4 is 5.91 Å². The second-order valence-electron chi connectivity index (χ2n) is 3.77. The first kappa shape index (κ1) is 10.7. The van der Waals surface area contributed by atoms with Crippen molar-refractivity contribution in [1.29, 1.82) is 0 Å². The molecule has 0 saturated heterocycles. The molecule has 0 aromatic carbocycles. The Morgan fingerprint density at radius 3 is 2.79 bits per heavy atom. The molecule has 0 aliphatic carbocycles. The molecule has 1 amide bonds. The molecule has 1 aromatic rings. The Bertz CT molecular complexity index is 306. The fourth-order valence-electron chi connectivity index (χ4n) is 1.24. The molecule has 1 heterocycles. The van der Waals surface area contributed by atoms with Gasteiger partial charge in [-0.05, 0) is 25.5 Å². The second-order valence-corrected chi connectivity index (χ2v) is 3.77. The molecule has 0 spiro atoms. The summed E-state index contributed by atoms with van der Waals surface area (Å²) in [4.78, 5) is 15.3. The minimum Gasteiger partial charge on any atom is -0.347 e. The third-order valence-corrected chi connectivity index (χ3v) is 2.16. The van der Waals surface area contributed by atoms with Crippen LogP contribution in [0.4, 0.5) is 0 Å². The molecule has 1 aromatic heterocycles. The second kappa shape index (κ2) is 4.22. The largest absolute Gasteiger partial charge is 0.347 e. The van der Waals surface area contributed by atoms with Crippen molar-refractivity contribution in [3.63, 3.8) is 0 Å². The van der Waals surface area contributed by atoms with Gasteiger partial charge in [0.15, 0.2) is 0 Å². The zero-order chi connectivity index (χ0) is 10.6. The van der Waals surface area contributed by atoms with Crippen LogP contribution >= 0.6 is 0 Å². The van der Waals surface area contributed by atoms with Crippen LogP contribution in [0.1, 0.15) is 32.8 Å². The van der Waals surface area contributed by atoms with Crippen molar-refractivity contribution in [3.05, 3.63) is 30.1 Å². The summed E-state index contributed by atoms with van der Waals surface area (Å²) in [5.74, 6) is 0.0545. The van der Waals surface area contributed by atoms with Gasteiger partial charge in [0.1, 0.15) is 0 Å². The van der Waals surface area contributed by atoms with Gasteiger partial charge in [-0.3, -0.25) is 9.78 Å². The van der Waals surface area contributed by atoms with Gasteiger partial charge in [0.2, 0.25) is 5.91 Å². The van der Waals surface area contributed by atoms with Crippen LogP contribution in [0.3, 0.4) is 0 Å². The number of carbonyl (C=O) groups is 1. The molecule has 1 rings (SSSR count). The van der Waals surface area contributed by atoms with E-state index in [0.717, 1.165) is 5.56 Å². The van der Waals surface area contributed by atoms with Crippen molar-refractivity contribution in [1.82, 2.24) is 10.3 Å². The van der Waals surface area contributed by atoms with Crippen LogP contribution < -0.4 is 5.32 Å². The van der Waals surface area contributed by atoms with Gasteiger partial charge in [0.25, 0.3) is 0 Å². The van der Waals surface area contributed by atoms with E-state index in [1.54, 1.807) is 12.4 Å². The molecule has 0 bridgehead atoms. The predicted molar refractivity (Wildman–Crippen MR) is 55.7 cm³/mol. The van der Waals surface area contributed by atoms with Gasteiger partial charge in [-0.15, -0.1) is 0 Å². The maximum Gasteiger partial charge on any atom is 0.220 e. The Kier molecular flexibility index (Phi) is 3.23. The van der Waals surface area contributed by atoms with Gasteiger partial charge in [-0.2, -0.15) is 0 Å². The number of carbonyl (C=O) groups excluding carboxylic acids is 1. The van der Waals surface area contributed by atoms with Crippen molar-refractivity contribution in [2.45, 2.75) is 32.7 Å². The molecule has 76 valence electrons. The average molecular weight is 192 g/mol. The van der Waals surface area contributed by atoms with E-state index in [0.29, 0.717) is 6.42 Å². The standard InChI is InChI=1S/C11H16N2O/c1-4-10(14)13-11(2,3)9-6-5-7-12-8-9/h5-8H,4H2,1-3H3,(H,13,14). The summed E-state index contributed by atoms with van der Waals surface area (Å²) in [7, 11) is 0. The quantitative estimate of drug-likeness (QED) is 0.794. The molecule has 0 aliphatic heterocycles. The van der Waals surface area contributed by atoms with Crippen LogP contribution in [-0.4, -0.2) is 10.9 Å². The van der Waals surface area contributed by atoms with Crippen LogP contribution in [0.15, 0.2) is 24.5 Å². The summed E-state index contributed by atoms with van der Waals surface area (Å²) in [6.07, 6.45) is 4.00. The minimum absolute atomic E-state index is 0.0545. The van der Waals surface area contributed by atoms with Crippen molar-refractivity contribution < 1.29 is 4.79 Å². The Balaban J connectivity index is 2.80. The van der Waals surface area contributed by atoms with Crippen LogP contribution in [-0.2, 0) is 10.3 Å². The van der Waals surface area contributed by atoms with E-state index < -0.39 is 0 Å². The Morgan fingerprint density at radius 2 is 2.29 bits per heavy atom. The van der Waals surface area contributed by atoms with Gasteiger partial charge in [0.05, 0.1) is 5.54 Å². The first-order valence-corrected chi connectivity index (χ1v) is 4.78. The lowest BCUT2D eigenvalue weighted by atomic mass is 9.96. The van der Waals surface area contributed by atoms with E-state index in [-0.39, 0.29) is 11.4 Å². The third-order valence-electron chi connectivity index (χ3n) is 2.16. The normalized spacial score (nSPS) is 11.1. The predicted octanol–water partition coefficient (Wildman–Crippen LogP) is 1.84. The smallest absolute Gasteiger partial charge is 0.220 e. The molecule has 0 aliphatic rings. The summed E-state index contributed by atoms with van der Waals surface area (Å²) in [6, 6.07) is 3.83. The Hall–Kier alpha value is -1.38. The Labute approximate surface area is 84.6 Å². The Morgan fingerprint density at radius 1 is 1.57 bits per heavy atom. The van der Waals surface area contributed by atoms with E-state index in [1.165, 1.54) is 0 Å². The van der Waals surface area contributed by atoms with Crippen LogP contribution in [0.25, 0.3) is 0 Å². The highest BCUT2D eigenvalue weighted by Gasteiger charge is 2.21. The molecule has 0 saturated carbocycles. The SMILES string of the molecule is CCC(=O)NC(C)(C)c1cccnc1. The van der Waals surface area contributed by atoms with Crippen LogP contribution in [0, 0.1) is 0 Å². The number of hydrogen-bond donors (Lipinski definition) is 1. The zero-order valence-corrected chi connectivity index (χ0v) is 8.87. The number of hydrogen-bond acceptors (Lipinski definition) is 2. The molecule has 3 nitrogen and oxygen atoms in total. The van der Waals surface area contributed by atoms with Gasteiger partial charge in [0, 0.05) is 18.8 Å². The lowest BCUT2D eigenvalue weighted by molar-refractivity contribution is -0.122. The molecule has 3 heteroatoms. The molecule has 0 unspecified atom stereocenters. The topological polar surface area (TPSA) is 42.0 Å².